The Morgan fingerprint density at radius 2 is 2.44 bits per heavy atom. The maximum Gasteiger partial charge on any atom is 0.195 e. The second kappa shape index (κ2) is 3.93. The fourth-order valence-electron chi connectivity index (χ4n) is 2.17. The van der Waals surface area contributed by atoms with Crippen LogP contribution in [0.25, 0.3) is 4.96 Å². The van der Waals surface area contributed by atoms with Gasteiger partial charge >= 0.3 is 0 Å². The fraction of sp³-hybridized carbons (Fsp3) is 0.545. The maximum atomic E-state index is 6.04. The number of hydrogen-bond donors (Lipinski definition) is 0. The van der Waals surface area contributed by atoms with Crippen molar-refractivity contribution in [3.05, 3.63) is 17.3 Å². The summed E-state index contributed by atoms with van der Waals surface area (Å²) in [6, 6.07) is 0.659. The van der Waals surface area contributed by atoms with E-state index in [1.165, 1.54) is 19.3 Å². The van der Waals surface area contributed by atoms with Crippen LogP contribution in [0.4, 0.5) is 5.82 Å². The topological polar surface area (TPSA) is 20.5 Å². The van der Waals surface area contributed by atoms with Crippen molar-refractivity contribution in [2.45, 2.75) is 31.2 Å². The third-order valence-corrected chi connectivity index (χ3v) is 4.43. The SMILES string of the molecule is CN(c1nc2sccn2c1CCl)C1CCC1. The number of nitrogens with zero attached hydrogens (tertiary/aromatic N) is 3. The lowest BCUT2D eigenvalue weighted by atomic mass is 9.92. The van der Waals surface area contributed by atoms with Gasteiger partial charge in [0.05, 0.1) is 11.6 Å². The minimum absolute atomic E-state index is 0.518. The summed E-state index contributed by atoms with van der Waals surface area (Å²) in [7, 11) is 2.13. The zero-order valence-corrected chi connectivity index (χ0v) is 10.8. The highest BCUT2D eigenvalue weighted by molar-refractivity contribution is 7.15. The Bertz CT molecular complexity index is 500. The first-order chi connectivity index (χ1) is 7.81. The first-order valence-corrected chi connectivity index (χ1v) is 6.96. The van der Waals surface area contributed by atoms with E-state index in [0.717, 1.165) is 16.5 Å². The number of thiazole rings is 1. The molecule has 0 amide bonds. The van der Waals surface area contributed by atoms with Crippen molar-refractivity contribution >= 4 is 33.7 Å². The largest absolute Gasteiger partial charge is 0.355 e. The van der Waals surface area contributed by atoms with Crippen LogP contribution < -0.4 is 4.90 Å². The van der Waals surface area contributed by atoms with Crippen LogP contribution in [0.5, 0.6) is 0 Å². The minimum atomic E-state index is 0.518. The van der Waals surface area contributed by atoms with Crippen molar-refractivity contribution in [1.82, 2.24) is 9.38 Å². The molecule has 1 aliphatic rings. The summed E-state index contributed by atoms with van der Waals surface area (Å²) >= 11 is 7.70. The van der Waals surface area contributed by atoms with E-state index in [1.807, 2.05) is 11.6 Å². The Balaban J connectivity index is 2.03. The van der Waals surface area contributed by atoms with Crippen LogP contribution in [0.15, 0.2) is 11.6 Å². The van der Waals surface area contributed by atoms with Gasteiger partial charge in [-0.2, -0.15) is 0 Å². The standard InChI is InChI=1S/C11H14ClN3S/c1-14(8-3-2-4-8)10-9(7-12)15-5-6-16-11(15)13-10/h5-6,8H,2-4,7H2,1H3. The van der Waals surface area contributed by atoms with Crippen LogP contribution in [0.1, 0.15) is 25.0 Å². The van der Waals surface area contributed by atoms with Gasteiger partial charge in [0.15, 0.2) is 10.8 Å². The van der Waals surface area contributed by atoms with Crippen LogP contribution in [0, 0.1) is 0 Å². The average molecular weight is 256 g/mol. The van der Waals surface area contributed by atoms with Crippen LogP contribution in [0.2, 0.25) is 0 Å². The molecule has 0 saturated heterocycles. The zero-order chi connectivity index (χ0) is 11.1. The Morgan fingerprint density at radius 3 is 3.06 bits per heavy atom. The number of fused-ring (bicyclic) bond motifs is 1. The zero-order valence-electron chi connectivity index (χ0n) is 9.19. The van der Waals surface area contributed by atoms with Gasteiger partial charge in [-0.15, -0.1) is 22.9 Å². The molecule has 0 atom stereocenters. The van der Waals surface area contributed by atoms with Crippen molar-refractivity contribution in [1.29, 1.82) is 0 Å². The second-order valence-electron chi connectivity index (χ2n) is 4.27. The molecule has 1 fully saturated rings. The van der Waals surface area contributed by atoms with Crippen LogP contribution in [-0.4, -0.2) is 22.5 Å². The number of imidazole rings is 1. The number of rotatable bonds is 3. The number of aromatic nitrogens is 2. The van der Waals surface area contributed by atoms with Gasteiger partial charge in [0.2, 0.25) is 0 Å². The molecule has 0 N–H and O–H groups in total. The van der Waals surface area contributed by atoms with Crippen molar-refractivity contribution in [2.24, 2.45) is 0 Å². The molecule has 5 heteroatoms. The molecule has 1 saturated carbocycles. The van der Waals surface area contributed by atoms with E-state index in [0.29, 0.717) is 11.9 Å². The van der Waals surface area contributed by atoms with E-state index < -0.39 is 0 Å². The Labute approximate surface area is 104 Å². The highest BCUT2D eigenvalue weighted by Crippen LogP contribution is 2.32. The highest BCUT2D eigenvalue weighted by atomic mass is 35.5. The summed E-state index contributed by atoms with van der Waals surface area (Å²) in [5.41, 5.74) is 1.12. The van der Waals surface area contributed by atoms with Crippen LogP contribution >= 0.6 is 22.9 Å². The number of hydrogen-bond acceptors (Lipinski definition) is 3. The van der Waals surface area contributed by atoms with E-state index in [2.05, 4.69) is 21.3 Å². The Morgan fingerprint density at radius 1 is 1.62 bits per heavy atom. The van der Waals surface area contributed by atoms with Gasteiger partial charge < -0.3 is 4.90 Å². The first kappa shape index (κ1) is 10.4. The summed E-state index contributed by atoms with van der Waals surface area (Å²) in [6.07, 6.45) is 5.95. The quantitative estimate of drug-likeness (QED) is 0.786. The van der Waals surface area contributed by atoms with E-state index in [1.54, 1.807) is 11.3 Å². The summed E-state index contributed by atoms with van der Waals surface area (Å²) < 4.78 is 2.10. The number of anilines is 1. The van der Waals surface area contributed by atoms with E-state index in [-0.39, 0.29) is 0 Å². The average Bonchev–Trinajstić information content (AvgIpc) is 2.72. The molecular weight excluding hydrogens is 242 g/mol. The molecule has 16 heavy (non-hydrogen) atoms. The molecule has 86 valence electrons. The molecule has 1 aliphatic carbocycles. The minimum Gasteiger partial charge on any atom is -0.355 e. The lowest BCUT2D eigenvalue weighted by Gasteiger charge is -2.35. The molecule has 3 rings (SSSR count). The second-order valence-corrected chi connectivity index (χ2v) is 5.41. The lowest BCUT2D eigenvalue weighted by Crippen LogP contribution is -2.37. The summed E-state index contributed by atoms with van der Waals surface area (Å²) in [4.78, 5) is 8.00. The van der Waals surface area contributed by atoms with Gasteiger partial charge in [-0.05, 0) is 19.3 Å². The first-order valence-electron chi connectivity index (χ1n) is 5.54. The van der Waals surface area contributed by atoms with Crippen molar-refractivity contribution < 1.29 is 0 Å². The molecule has 0 bridgehead atoms. The summed E-state index contributed by atoms with van der Waals surface area (Å²) in [5.74, 6) is 1.58. The van der Waals surface area contributed by atoms with E-state index in [4.69, 9.17) is 11.6 Å². The summed E-state index contributed by atoms with van der Waals surface area (Å²) in [5, 5.41) is 2.05. The molecule has 3 nitrogen and oxygen atoms in total. The molecular formula is C11H14ClN3S. The van der Waals surface area contributed by atoms with Crippen LogP contribution in [0.3, 0.4) is 0 Å². The molecule has 2 aromatic heterocycles. The lowest BCUT2D eigenvalue weighted by molar-refractivity contribution is 0.399. The van der Waals surface area contributed by atoms with Gasteiger partial charge in [-0.25, -0.2) is 4.98 Å². The smallest absolute Gasteiger partial charge is 0.195 e. The van der Waals surface area contributed by atoms with Crippen LogP contribution in [-0.2, 0) is 5.88 Å². The molecule has 0 radical (unpaired) electrons. The molecule has 0 aliphatic heterocycles. The van der Waals surface area contributed by atoms with Crippen molar-refractivity contribution in [3.63, 3.8) is 0 Å². The predicted octanol–water partition coefficient (Wildman–Crippen LogP) is 3.12. The Hall–Kier alpha value is -0.740. The third-order valence-electron chi connectivity index (χ3n) is 3.42. The van der Waals surface area contributed by atoms with Gasteiger partial charge in [0.25, 0.3) is 0 Å². The van der Waals surface area contributed by atoms with Crippen molar-refractivity contribution in [2.75, 3.05) is 11.9 Å². The van der Waals surface area contributed by atoms with E-state index in [9.17, 15) is 0 Å². The predicted molar refractivity (Wildman–Crippen MR) is 68.7 cm³/mol. The van der Waals surface area contributed by atoms with Gasteiger partial charge in [-0.3, -0.25) is 4.40 Å². The molecule has 0 spiro atoms. The van der Waals surface area contributed by atoms with E-state index >= 15 is 0 Å². The molecule has 2 heterocycles. The van der Waals surface area contributed by atoms with Gasteiger partial charge in [0, 0.05) is 24.7 Å². The van der Waals surface area contributed by atoms with Gasteiger partial charge in [0.1, 0.15) is 0 Å². The fourth-order valence-corrected chi connectivity index (χ4v) is 3.15. The number of halogens is 1. The maximum absolute atomic E-state index is 6.04. The third kappa shape index (κ3) is 1.44. The van der Waals surface area contributed by atoms with Crippen molar-refractivity contribution in [3.8, 4) is 0 Å². The Kier molecular flexibility index (Phi) is 2.56. The highest BCUT2D eigenvalue weighted by Gasteiger charge is 2.26. The normalized spacial score (nSPS) is 16.6. The number of alkyl halides is 1. The van der Waals surface area contributed by atoms with Gasteiger partial charge in [-0.1, -0.05) is 0 Å². The summed E-state index contributed by atoms with van der Waals surface area (Å²) in [6.45, 7) is 0. The monoisotopic (exact) mass is 255 g/mol. The molecule has 0 unspecified atom stereocenters. The molecule has 2 aromatic rings. The molecule has 0 aromatic carbocycles.